The fourth-order valence-corrected chi connectivity index (χ4v) is 1.52. The molecule has 0 N–H and O–H groups in total. The topological polar surface area (TPSA) is 69.6 Å². The second-order valence-electron chi connectivity index (χ2n) is 2.12. The molecule has 0 heterocycles. The van der Waals surface area contributed by atoms with Crippen LogP contribution in [0.25, 0.3) is 0 Å². The number of isothiocyanates is 1. The Morgan fingerprint density at radius 3 is 2.43 bits per heavy atom. The zero-order valence-corrected chi connectivity index (χ0v) is 10.9. The van der Waals surface area contributed by atoms with Gasteiger partial charge in [-0.1, -0.05) is 12.1 Å². The number of hydrogen-bond donors (Lipinski definition) is 0. The number of hydrogen-bond acceptors (Lipinski definition) is 5. The van der Waals surface area contributed by atoms with E-state index < -0.39 is 10.1 Å². The summed E-state index contributed by atoms with van der Waals surface area (Å²) in [7, 11) is -4.49. The van der Waals surface area contributed by atoms with Gasteiger partial charge in [0, 0.05) is 0 Å². The molecule has 14 heavy (non-hydrogen) atoms. The first-order chi connectivity index (χ1) is 6.05. The van der Waals surface area contributed by atoms with Crippen LogP contribution >= 0.6 is 12.2 Å². The number of nitrogens with zero attached hydrogens (tertiary/aromatic N) is 1. The van der Waals surface area contributed by atoms with E-state index >= 15 is 0 Å². The van der Waals surface area contributed by atoms with E-state index in [1.54, 1.807) is 6.07 Å². The van der Waals surface area contributed by atoms with Crippen molar-refractivity contribution in [2.45, 2.75) is 4.90 Å². The van der Waals surface area contributed by atoms with Gasteiger partial charge in [0.1, 0.15) is 10.1 Å². The molecule has 7 heteroatoms. The molecule has 0 aliphatic carbocycles. The van der Waals surface area contributed by atoms with Crippen LogP contribution in [0.15, 0.2) is 34.2 Å². The van der Waals surface area contributed by atoms with E-state index in [1.807, 2.05) is 5.16 Å². The quantitative estimate of drug-likeness (QED) is 0.267. The van der Waals surface area contributed by atoms with Crippen LogP contribution in [0, 0.1) is 0 Å². The maximum atomic E-state index is 10.7. The minimum atomic E-state index is -4.49. The molecule has 0 aliphatic rings. The van der Waals surface area contributed by atoms with Gasteiger partial charge in [0.15, 0.2) is 0 Å². The Bertz CT molecular complexity index is 466. The molecular formula is C7H4NNaO3S2. The van der Waals surface area contributed by atoms with Crippen molar-refractivity contribution in [2.75, 3.05) is 0 Å². The summed E-state index contributed by atoms with van der Waals surface area (Å²) in [6, 6.07) is 5.55. The van der Waals surface area contributed by atoms with Gasteiger partial charge in [-0.15, -0.1) is 0 Å². The van der Waals surface area contributed by atoms with E-state index in [4.69, 9.17) is 0 Å². The molecule has 0 aromatic heterocycles. The molecule has 0 atom stereocenters. The molecule has 0 spiro atoms. The van der Waals surface area contributed by atoms with E-state index in [9.17, 15) is 13.0 Å². The van der Waals surface area contributed by atoms with E-state index in [2.05, 4.69) is 17.2 Å². The Balaban J connectivity index is 0.00000169. The summed E-state index contributed by atoms with van der Waals surface area (Å²) in [5, 5.41) is 2.00. The Kier molecular flexibility index (Phi) is 5.70. The predicted molar refractivity (Wildman–Crippen MR) is 49.1 cm³/mol. The van der Waals surface area contributed by atoms with Gasteiger partial charge in [-0.2, -0.15) is 4.99 Å². The normalized spacial score (nSPS) is 9.79. The van der Waals surface area contributed by atoms with Crippen LogP contribution in [0.1, 0.15) is 0 Å². The molecule has 0 fully saturated rings. The van der Waals surface area contributed by atoms with Gasteiger partial charge in [0.2, 0.25) is 0 Å². The van der Waals surface area contributed by atoms with E-state index in [0.717, 1.165) is 0 Å². The first kappa shape index (κ1) is 13.9. The summed E-state index contributed by atoms with van der Waals surface area (Å²) in [5.41, 5.74) is 0.0208. The molecule has 1 aromatic rings. The molecular weight excluding hydrogens is 233 g/mol. The number of aliphatic imine (C=N–C) groups is 1. The largest absolute Gasteiger partial charge is 1.00 e. The van der Waals surface area contributed by atoms with Gasteiger partial charge in [-0.05, 0) is 24.4 Å². The molecule has 68 valence electrons. The summed E-state index contributed by atoms with van der Waals surface area (Å²) in [5.74, 6) is 0. The van der Waals surface area contributed by atoms with E-state index in [0.29, 0.717) is 0 Å². The van der Waals surface area contributed by atoms with Gasteiger partial charge in [0.05, 0.1) is 15.7 Å². The first-order valence-corrected chi connectivity index (χ1v) is 5.00. The maximum Gasteiger partial charge on any atom is 1.00 e. The van der Waals surface area contributed by atoms with Crippen molar-refractivity contribution >= 4 is 33.2 Å². The van der Waals surface area contributed by atoms with Crippen LogP contribution in [0.5, 0.6) is 0 Å². The molecule has 0 radical (unpaired) electrons. The Morgan fingerprint density at radius 2 is 1.93 bits per heavy atom. The van der Waals surface area contributed by atoms with Crippen molar-refractivity contribution in [1.82, 2.24) is 0 Å². The SMILES string of the molecule is O=S(=O)([O-])c1ccccc1N=C=S.[Na+]. The number of thiocarbonyl (C=S) groups is 1. The molecule has 4 nitrogen and oxygen atoms in total. The number of benzene rings is 1. The third kappa shape index (κ3) is 3.59. The third-order valence-electron chi connectivity index (χ3n) is 1.30. The molecule has 0 aliphatic heterocycles. The zero-order valence-electron chi connectivity index (χ0n) is 7.30. The summed E-state index contributed by atoms with van der Waals surface area (Å²) < 4.78 is 32.0. The van der Waals surface area contributed by atoms with Crippen molar-refractivity contribution in [1.29, 1.82) is 0 Å². The third-order valence-corrected chi connectivity index (χ3v) is 2.28. The predicted octanol–water partition coefficient (Wildman–Crippen LogP) is -1.67. The van der Waals surface area contributed by atoms with Gasteiger partial charge in [-0.25, -0.2) is 8.42 Å². The zero-order chi connectivity index (χ0) is 9.90. The van der Waals surface area contributed by atoms with Crippen molar-refractivity contribution in [2.24, 2.45) is 4.99 Å². The van der Waals surface area contributed by atoms with Crippen LogP contribution in [-0.2, 0) is 10.1 Å². The van der Waals surface area contributed by atoms with Crippen molar-refractivity contribution < 1.29 is 42.5 Å². The van der Waals surface area contributed by atoms with E-state index in [-0.39, 0.29) is 40.1 Å². The van der Waals surface area contributed by atoms with Gasteiger partial charge in [-0.3, -0.25) is 0 Å². The average Bonchev–Trinajstić information content (AvgIpc) is 2.04. The van der Waals surface area contributed by atoms with Crippen LogP contribution in [0.2, 0.25) is 0 Å². The molecule has 0 amide bonds. The van der Waals surface area contributed by atoms with Gasteiger partial charge in [0.25, 0.3) is 0 Å². The average molecular weight is 237 g/mol. The minimum Gasteiger partial charge on any atom is -0.744 e. The Labute approximate surface area is 109 Å². The number of rotatable bonds is 2. The van der Waals surface area contributed by atoms with Crippen LogP contribution in [0.3, 0.4) is 0 Å². The van der Waals surface area contributed by atoms with Crippen molar-refractivity contribution in [3.8, 4) is 0 Å². The Hall–Kier alpha value is -0.0700. The Morgan fingerprint density at radius 1 is 1.36 bits per heavy atom. The van der Waals surface area contributed by atoms with Crippen LogP contribution < -0.4 is 29.6 Å². The first-order valence-electron chi connectivity index (χ1n) is 3.18. The van der Waals surface area contributed by atoms with E-state index in [1.165, 1.54) is 18.2 Å². The minimum absolute atomic E-state index is 0. The van der Waals surface area contributed by atoms with Crippen LogP contribution in [-0.4, -0.2) is 18.1 Å². The van der Waals surface area contributed by atoms with Crippen LogP contribution in [0.4, 0.5) is 5.69 Å². The standard InChI is InChI=1S/C7H5NO3S2.Na/c9-13(10,11)7-4-2-1-3-6(7)8-5-12;/h1-4H,(H,9,10,11);/q;+1/p-1. The number of para-hydroxylation sites is 1. The van der Waals surface area contributed by atoms with Gasteiger partial charge >= 0.3 is 29.6 Å². The maximum absolute atomic E-state index is 10.7. The van der Waals surface area contributed by atoms with Crippen molar-refractivity contribution in [3.05, 3.63) is 24.3 Å². The smallest absolute Gasteiger partial charge is 0.744 e. The van der Waals surface area contributed by atoms with Crippen molar-refractivity contribution in [3.63, 3.8) is 0 Å². The summed E-state index contributed by atoms with van der Waals surface area (Å²) in [4.78, 5) is 3.08. The fraction of sp³-hybridized carbons (Fsp3) is 0. The molecule has 0 saturated carbocycles. The molecule has 0 unspecified atom stereocenters. The van der Waals surface area contributed by atoms with Gasteiger partial charge < -0.3 is 4.55 Å². The monoisotopic (exact) mass is 237 g/mol. The summed E-state index contributed by atoms with van der Waals surface area (Å²) in [6.45, 7) is 0. The molecule has 1 rings (SSSR count). The summed E-state index contributed by atoms with van der Waals surface area (Å²) in [6.07, 6.45) is 0. The molecule has 1 aromatic carbocycles. The second-order valence-corrected chi connectivity index (χ2v) is 3.66. The molecule has 0 bridgehead atoms. The molecule has 0 saturated heterocycles. The fourth-order valence-electron chi connectivity index (χ4n) is 0.810. The summed E-state index contributed by atoms with van der Waals surface area (Å²) >= 11 is 4.30. The second kappa shape index (κ2) is 5.72.